The molecule has 0 aliphatic heterocycles. The van der Waals surface area contributed by atoms with Crippen LogP contribution in [0.25, 0.3) is 5.69 Å². The third kappa shape index (κ3) is 5.25. The lowest BCUT2D eigenvalue weighted by Gasteiger charge is -2.10. The Hall–Kier alpha value is -5.32. The molecule has 3 aromatic carbocycles. The average Bonchev–Trinajstić information content (AvgIpc) is 3.42. The summed E-state index contributed by atoms with van der Waals surface area (Å²) in [6, 6.07) is 20.5. The molecular formula is C25H19N5O6. The fourth-order valence-corrected chi connectivity index (χ4v) is 3.38. The molecule has 0 saturated carbocycles. The number of para-hydroxylation sites is 1. The standard InChI is InChI=1S/C25H19N5O6/c1-17(26-27-25(31)21-6-2-3-7-22(21)28-14-4-5-15-28)18-8-11-20(12-9-18)36-24-13-10-19(29(32)33)16-23(24)30(34)35/h2-16H,1H3,(H,27,31)/b26-17+. The Labute approximate surface area is 204 Å². The minimum absolute atomic E-state index is 0.127. The summed E-state index contributed by atoms with van der Waals surface area (Å²) in [6.45, 7) is 1.72. The summed E-state index contributed by atoms with van der Waals surface area (Å²) in [5, 5.41) is 26.4. The van der Waals surface area contributed by atoms with Crippen molar-refractivity contribution in [2.75, 3.05) is 0 Å². The van der Waals surface area contributed by atoms with Crippen LogP contribution in [0.2, 0.25) is 0 Å². The highest BCUT2D eigenvalue weighted by atomic mass is 16.6. The number of benzene rings is 3. The lowest BCUT2D eigenvalue weighted by atomic mass is 10.1. The van der Waals surface area contributed by atoms with E-state index in [4.69, 9.17) is 4.74 Å². The van der Waals surface area contributed by atoms with E-state index in [2.05, 4.69) is 10.5 Å². The van der Waals surface area contributed by atoms with Crippen molar-refractivity contribution in [3.05, 3.63) is 123 Å². The monoisotopic (exact) mass is 485 g/mol. The van der Waals surface area contributed by atoms with E-state index >= 15 is 0 Å². The summed E-state index contributed by atoms with van der Waals surface area (Å²) in [4.78, 5) is 33.5. The Bertz CT molecular complexity index is 1460. The molecule has 11 nitrogen and oxygen atoms in total. The number of hydrogen-bond acceptors (Lipinski definition) is 7. The topological polar surface area (TPSA) is 142 Å². The van der Waals surface area contributed by atoms with Crippen LogP contribution in [0, 0.1) is 20.2 Å². The summed E-state index contributed by atoms with van der Waals surface area (Å²) in [7, 11) is 0. The number of hydrazone groups is 1. The molecular weight excluding hydrogens is 466 g/mol. The second-order valence-electron chi connectivity index (χ2n) is 7.54. The Morgan fingerprint density at radius 1 is 0.917 bits per heavy atom. The predicted octanol–water partition coefficient (Wildman–Crippen LogP) is 5.24. The summed E-state index contributed by atoms with van der Waals surface area (Å²) in [5.74, 6) is -0.213. The maximum Gasteiger partial charge on any atom is 0.318 e. The highest BCUT2D eigenvalue weighted by Crippen LogP contribution is 2.34. The van der Waals surface area contributed by atoms with Crippen LogP contribution in [0.3, 0.4) is 0 Å². The molecule has 11 heteroatoms. The van der Waals surface area contributed by atoms with Gasteiger partial charge in [0.05, 0.1) is 32.9 Å². The SMILES string of the molecule is C/C(=N\NC(=O)c1ccccc1-n1cccc1)c1ccc(Oc2ccc([N+](=O)[O-])cc2[N+](=O)[O-])cc1. The number of nitrogens with zero attached hydrogens (tertiary/aromatic N) is 4. The van der Waals surface area contributed by atoms with Crippen molar-refractivity contribution in [3.63, 3.8) is 0 Å². The van der Waals surface area contributed by atoms with Crippen LogP contribution in [0.4, 0.5) is 11.4 Å². The molecule has 0 fully saturated rings. The van der Waals surface area contributed by atoms with Crippen LogP contribution in [0.15, 0.2) is 96.4 Å². The van der Waals surface area contributed by atoms with Gasteiger partial charge in [0.1, 0.15) is 5.75 Å². The van der Waals surface area contributed by atoms with Crippen molar-refractivity contribution in [2.45, 2.75) is 6.92 Å². The van der Waals surface area contributed by atoms with Crippen LogP contribution in [0.1, 0.15) is 22.8 Å². The largest absolute Gasteiger partial charge is 0.450 e. The van der Waals surface area contributed by atoms with Gasteiger partial charge in [0.25, 0.3) is 11.6 Å². The minimum Gasteiger partial charge on any atom is -0.450 e. The van der Waals surface area contributed by atoms with Gasteiger partial charge in [0.2, 0.25) is 5.75 Å². The molecule has 0 bridgehead atoms. The number of rotatable bonds is 8. The second-order valence-corrected chi connectivity index (χ2v) is 7.54. The fourth-order valence-electron chi connectivity index (χ4n) is 3.38. The van der Waals surface area contributed by atoms with Crippen LogP contribution < -0.4 is 10.2 Å². The molecule has 4 rings (SSSR count). The molecule has 0 saturated heterocycles. The molecule has 0 unspecified atom stereocenters. The summed E-state index contributed by atoms with van der Waals surface area (Å²) in [5.41, 5.74) is 4.01. The van der Waals surface area contributed by atoms with E-state index < -0.39 is 21.2 Å². The highest BCUT2D eigenvalue weighted by molar-refractivity contribution is 6.02. The van der Waals surface area contributed by atoms with Gasteiger partial charge in [-0.3, -0.25) is 25.0 Å². The highest BCUT2D eigenvalue weighted by Gasteiger charge is 2.21. The normalized spacial score (nSPS) is 11.1. The van der Waals surface area contributed by atoms with Crippen molar-refractivity contribution in [2.24, 2.45) is 5.10 Å². The minimum atomic E-state index is -0.745. The van der Waals surface area contributed by atoms with E-state index in [9.17, 15) is 25.0 Å². The van der Waals surface area contributed by atoms with Crippen molar-refractivity contribution in [1.29, 1.82) is 0 Å². The molecule has 1 aromatic heterocycles. The van der Waals surface area contributed by atoms with Crippen LogP contribution in [-0.4, -0.2) is 26.0 Å². The Balaban J connectivity index is 1.47. The maximum absolute atomic E-state index is 12.8. The molecule has 0 radical (unpaired) electrons. The molecule has 36 heavy (non-hydrogen) atoms. The molecule has 180 valence electrons. The van der Waals surface area contributed by atoms with Gasteiger partial charge in [-0.25, -0.2) is 5.43 Å². The Kier molecular flexibility index (Phi) is 6.82. The number of carbonyl (C=O) groups is 1. The molecule has 0 atom stereocenters. The van der Waals surface area contributed by atoms with Crippen molar-refractivity contribution in [3.8, 4) is 17.2 Å². The van der Waals surface area contributed by atoms with Gasteiger partial charge in [-0.15, -0.1) is 0 Å². The third-order valence-corrected chi connectivity index (χ3v) is 5.21. The molecule has 1 N–H and O–H groups in total. The van der Waals surface area contributed by atoms with Crippen molar-refractivity contribution >= 4 is 23.0 Å². The third-order valence-electron chi connectivity index (χ3n) is 5.21. The molecule has 4 aromatic rings. The number of nitro groups is 2. The first-order chi connectivity index (χ1) is 17.3. The molecule has 0 aliphatic rings. The number of non-ortho nitro benzene ring substituents is 1. The lowest BCUT2D eigenvalue weighted by molar-refractivity contribution is -0.394. The van der Waals surface area contributed by atoms with Gasteiger partial charge in [-0.05, 0) is 67.1 Å². The molecule has 1 amide bonds. The first-order valence-electron chi connectivity index (χ1n) is 10.6. The van der Waals surface area contributed by atoms with E-state index in [-0.39, 0.29) is 17.4 Å². The van der Waals surface area contributed by atoms with Gasteiger partial charge in [0.15, 0.2) is 0 Å². The van der Waals surface area contributed by atoms with Crippen molar-refractivity contribution < 1.29 is 19.4 Å². The number of nitro benzene ring substituents is 2. The van der Waals surface area contributed by atoms with Crippen LogP contribution in [0.5, 0.6) is 11.5 Å². The van der Waals surface area contributed by atoms with Gasteiger partial charge in [0, 0.05) is 18.5 Å². The summed E-state index contributed by atoms with van der Waals surface area (Å²) >= 11 is 0. The number of carbonyl (C=O) groups excluding carboxylic acids is 1. The fraction of sp³-hybridized carbons (Fsp3) is 0.0400. The summed E-state index contributed by atoms with van der Waals surface area (Å²) in [6.07, 6.45) is 3.69. The smallest absolute Gasteiger partial charge is 0.318 e. The average molecular weight is 485 g/mol. The van der Waals surface area contributed by atoms with Crippen LogP contribution >= 0.6 is 0 Å². The molecule has 0 spiro atoms. The molecule has 0 aliphatic carbocycles. The number of nitrogens with one attached hydrogen (secondary N) is 1. The maximum atomic E-state index is 12.8. The molecule has 1 heterocycles. The quantitative estimate of drug-likeness (QED) is 0.205. The van der Waals surface area contributed by atoms with E-state index in [0.717, 1.165) is 17.8 Å². The number of aromatic nitrogens is 1. The zero-order chi connectivity index (χ0) is 25.7. The van der Waals surface area contributed by atoms with Gasteiger partial charge in [-0.1, -0.05) is 12.1 Å². The zero-order valence-electron chi connectivity index (χ0n) is 18.9. The van der Waals surface area contributed by atoms with Gasteiger partial charge in [-0.2, -0.15) is 5.10 Å². The van der Waals surface area contributed by atoms with E-state index in [1.807, 2.05) is 41.2 Å². The number of hydrogen-bond donors (Lipinski definition) is 1. The number of ether oxygens (including phenoxy) is 1. The van der Waals surface area contributed by atoms with Gasteiger partial charge < -0.3 is 9.30 Å². The van der Waals surface area contributed by atoms with E-state index in [1.54, 1.807) is 43.3 Å². The van der Waals surface area contributed by atoms with Crippen LogP contribution in [-0.2, 0) is 0 Å². The number of amides is 1. The Morgan fingerprint density at radius 3 is 2.28 bits per heavy atom. The van der Waals surface area contributed by atoms with Gasteiger partial charge >= 0.3 is 5.69 Å². The summed E-state index contributed by atoms with van der Waals surface area (Å²) < 4.78 is 7.40. The van der Waals surface area contributed by atoms with E-state index in [1.165, 1.54) is 6.07 Å². The van der Waals surface area contributed by atoms with Crippen molar-refractivity contribution in [1.82, 2.24) is 9.99 Å². The predicted molar refractivity (Wildman–Crippen MR) is 132 cm³/mol. The van der Waals surface area contributed by atoms with E-state index in [0.29, 0.717) is 16.8 Å². The zero-order valence-corrected chi connectivity index (χ0v) is 18.9. The Morgan fingerprint density at radius 2 is 1.61 bits per heavy atom. The second kappa shape index (κ2) is 10.3. The first-order valence-corrected chi connectivity index (χ1v) is 10.6. The first kappa shape index (κ1) is 23.8. The lowest BCUT2D eigenvalue weighted by Crippen LogP contribution is -2.21.